The standard InChI is InChI=1S/C19H30N4O4/c1-13(20)17(25)21-11-15(10-14-8-6-5-7-9-14)23-16(24)12-22-18(26)27-19(2,3)4/h5-9,13,15H,10-12,20H2,1-4H3,(H,21,25)(H,22,26)(H,23,24)/t13-,15+/m1/s1. The fourth-order valence-electron chi connectivity index (χ4n) is 2.20. The fourth-order valence-corrected chi connectivity index (χ4v) is 2.20. The molecule has 0 aromatic heterocycles. The van der Waals surface area contributed by atoms with Gasteiger partial charge in [-0.1, -0.05) is 30.3 Å². The molecule has 0 saturated heterocycles. The van der Waals surface area contributed by atoms with E-state index in [2.05, 4.69) is 16.0 Å². The molecule has 8 heteroatoms. The number of carbonyl (C=O) groups is 3. The number of hydrogen-bond acceptors (Lipinski definition) is 5. The lowest BCUT2D eigenvalue weighted by atomic mass is 10.1. The summed E-state index contributed by atoms with van der Waals surface area (Å²) in [5, 5.41) is 7.94. The number of hydrogen-bond donors (Lipinski definition) is 4. The predicted molar refractivity (Wildman–Crippen MR) is 103 cm³/mol. The Morgan fingerprint density at radius 2 is 1.74 bits per heavy atom. The van der Waals surface area contributed by atoms with Gasteiger partial charge in [-0.05, 0) is 39.7 Å². The van der Waals surface area contributed by atoms with Crippen LogP contribution in [0.25, 0.3) is 0 Å². The summed E-state index contributed by atoms with van der Waals surface area (Å²) in [7, 11) is 0. The fraction of sp³-hybridized carbons (Fsp3) is 0.526. The van der Waals surface area contributed by atoms with Gasteiger partial charge in [-0.3, -0.25) is 9.59 Å². The molecule has 1 aromatic rings. The van der Waals surface area contributed by atoms with E-state index in [1.165, 1.54) is 0 Å². The summed E-state index contributed by atoms with van der Waals surface area (Å²) in [6, 6.07) is 8.60. The van der Waals surface area contributed by atoms with Gasteiger partial charge in [0.15, 0.2) is 0 Å². The molecule has 0 fully saturated rings. The van der Waals surface area contributed by atoms with Gasteiger partial charge in [0.2, 0.25) is 11.8 Å². The van der Waals surface area contributed by atoms with E-state index < -0.39 is 17.7 Å². The van der Waals surface area contributed by atoms with E-state index >= 15 is 0 Å². The molecular formula is C19H30N4O4. The molecule has 0 aliphatic carbocycles. The number of benzene rings is 1. The van der Waals surface area contributed by atoms with Crippen LogP contribution in [0.3, 0.4) is 0 Å². The maximum absolute atomic E-state index is 12.2. The summed E-state index contributed by atoms with van der Waals surface area (Å²) in [5.41, 5.74) is 5.92. The summed E-state index contributed by atoms with van der Waals surface area (Å²) in [6.45, 7) is 6.82. The minimum atomic E-state index is -0.664. The first kappa shape index (κ1) is 22.4. The van der Waals surface area contributed by atoms with E-state index in [4.69, 9.17) is 10.5 Å². The lowest BCUT2D eigenvalue weighted by Gasteiger charge is -2.22. The van der Waals surface area contributed by atoms with Crippen molar-refractivity contribution in [2.24, 2.45) is 5.73 Å². The molecule has 8 nitrogen and oxygen atoms in total. The monoisotopic (exact) mass is 378 g/mol. The number of carbonyl (C=O) groups excluding carboxylic acids is 3. The minimum absolute atomic E-state index is 0.221. The van der Waals surface area contributed by atoms with E-state index in [9.17, 15) is 14.4 Å². The molecular weight excluding hydrogens is 348 g/mol. The van der Waals surface area contributed by atoms with Crippen LogP contribution in [0.15, 0.2) is 30.3 Å². The van der Waals surface area contributed by atoms with Crippen LogP contribution in [0.5, 0.6) is 0 Å². The second-order valence-corrected chi connectivity index (χ2v) is 7.34. The van der Waals surface area contributed by atoms with Gasteiger partial charge in [0.05, 0.1) is 12.1 Å². The quantitative estimate of drug-likeness (QED) is 0.530. The Morgan fingerprint density at radius 3 is 2.30 bits per heavy atom. The van der Waals surface area contributed by atoms with Gasteiger partial charge in [0.1, 0.15) is 12.1 Å². The molecule has 0 radical (unpaired) electrons. The smallest absolute Gasteiger partial charge is 0.408 e. The molecule has 1 aromatic carbocycles. The van der Waals surface area contributed by atoms with Crippen molar-refractivity contribution in [2.45, 2.75) is 51.8 Å². The molecule has 0 aliphatic heterocycles. The van der Waals surface area contributed by atoms with Gasteiger partial charge in [-0.15, -0.1) is 0 Å². The van der Waals surface area contributed by atoms with Crippen LogP contribution < -0.4 is 21.7 Å². The zero-order valence-corrected chi connectivity index (χ0v) is 16.4. The van der Waals surface area contributed by atoms with Crippen LogP contribution in [-0.4, -0.2) is 48.7 Å². The molecule has 27 heavy (non-hydrogen) atoms. The van der Waals surface area contributed by atoms with Crippen molar-refractivity contribution in [1.29, 1.82) is 0 Å². The van der Waals surface area contributed by atoms with E-state index in [1.54, 1.807) is 27.7 Å². The highest BCUT2D eigenvalue weighted by atomic mass is 16.6. The van der Waals surface area contributed by atoms with Crippen LogP contribution in [0, 0.1) is 0 Å². The Morgan fingerprint density at radius 1 is 1.11 bits per heavy atom. The van der Waals surface area contributed by atoms with Gasteiger partial charge >= 0.3 is 6.09 Å². The molecule has 0 spiro atoms. The Kier molecular flexibility index (Phi) is 8.74. The van der Waals surface area contributed by atoms with Crippen LogP contribution >= 0.6 is 0 Å². The highest BCUT2D eigenvalue weighted by Crippen LogP contribution is 2.06. The van der Waals surface area contributed by atoms with Crippen LogP contribution in [-0.2, 0) is 20.7 Å². The summed E-state index contributed by atoms with van der Waals surface area (Å²) < 4.78 is 5.09. The van der Waals surface area contributed by atoms with E-state index in [0.717, 1.165) is 5.56 Å². The normalized spacial score (nSPS) is 13.2. The summed E-state index contributed by atoms with van der Waals surface area (Å²) in [5.74, 6) is -0.675. The maximum atomic E-state index is 12.2. The molecule has 0 heterocycles. The number of nitrogens with two attached hydrogens (primary N) is 1. The number of rotatable bonds is 8. The molecule has 150 valence electrons. The van der Waals surface area contributed by atoms with Crippen molar-refractivity contribution < 1.29 is 19.1 Å². The average Bonchev–Trinajstić information content (AvgIpc) is 2.57. The molecule has 2 atom stereocenters. The largest absolute Gasteiger partial charge is 0.444 e. The number of amides is 3. The predicted octanol–water partition coefficient (Wildman–Crippen LogP) is 0.702. The van der Waals surface area contributed by atoms with Crippen molar-refractivity contribution in [3.8, 4) is 0 Å². The lowest BCUT2D eigenvalue weighted by Crippen LogP contribution is -2.50. The first-order chi connectivity index (χ1) is 12.6. The van der Waals surface area contributed by atoms with Crippen LogP contribution in [0.2, 0.25) is 0 Å². The Labute approximate surface area is 160 Å². The summed E-state index contributed by atoms with van der Waals surface area (Å²) in [4.78, 5) is 35.5. The number of alkyl carbamates (subject to hydrolysis) is 1. The molecule has 0 bridgehead atoms. The van der Waals surface area contributed by atoms with Crippen molar-refractivity contribution in [1.82, 2.24) is 16.0 Å². The zero-order chi connectivity index (χ0) is 20.4. The molecule has 5 N–H and O–H groups in total. The summed E-state index contributed by atoms with van der Waals surface area (Å²) >= 11 is 0. The van der Waals surface area contributed by atoms with Gasteiger partial charge < -0.3 is 26.4 Å². The van der Waals surface area contributed by atoms with Crippen LogP contribution in [0.1, 0.15) is 33.3 Å². The number of nitrogens with one attached hydrogen (secondary N) is 3. The molecule has 0 unspecified atom stereocenters. The summed E-state index contributed by atoms with van der Waals surface area (Å²) in [6.07, 6.45) is -0.138. The minimum Gasteiger partial charge on any atom is -0.444 e. The van der Waals surface area contributed by atoms with E-state index in [0.29, 0.717) is 6.42 Å². The highest BCUT2D eigenvalue weighted by Gasteiger charge is 2.19. The maximum Gasteiger partial charge on any atom is 0.408 e. The third-order valence-corrected chi connectivity index (χ3v) is 3.42. The third kappa shape index (κ3) is 10.2. The van der Waals surface area contributed by atoms with Gasteiger partial charge in [-0.25, -0.2) is 4.79 Å². The van der Waals surface area contributed by atoms with Crippen molar-refractivity contribution in [3.05, 3.63) is 35.9 Å². The number of ether oxygens (including phenoxy) is 1. The van der Waals surface area contributed by atoms with Gasteiger partial charge in [0.25, 0.3) is 0 Å². The Hall–Kier alpha value is -2.61. The Bertz CT molecular complexity index is 626. The SMILES string of the molecule is C[C@@H](N)C(=O)NC[C@H](Cc1ccccc1)NC(=O)CNC(=O)OC(C)(C)C. The van der Waals surface area contributed by atoms with Crippen molar-refractivity contribution in [2.75, 3.05) is 13.1 Å². The van der Waals surface area contributed by atoms with Gasteiger partial charge in [-0.2, -0.15) is 0 Å². The molecule has 0 aliphatic rings. The first-order valence-corrected chi connectivity index (χ1v) is 8.90. The Balaban J connectivity index is 2.59. The average molecular weight is 378 g/mol. The third-order valence-electron chi connectivity index (χ3n) is 3.42. The molecule has 0 saturated carbocycles. The highest BCUT2D eigenvalue weighted by molar-refractivity contribution is 5.83. The van der Waals surface area contributed by atoms with Crippen molar-refractivity contribution >= 4 is 17.9 Å². The second kappa shape index (κ2) is 10.5. The lowest BCUT2D eigenvalue weighted by molar-refractivity contribution is -0.123. The topological polar surface area (TPSA) is 123 Å². The van der Waals surface area contributed by atoms with Gasteiger partial charge in [0, 0.05) is 6.54 Å². The van der Waals surface area contributed by atoms with E-state index in [1.807, 2.05) is 30.3 Å². The molecule has 1 rings (SSSR count). The zero-order valence-electron chi connectivity index (χ0n) is 16.4. The molecule has 3 amide bonds. The second-order valence-electron chi connectivity index (χ2n) is 7.34. The first-order valence-electron chi connectivity index (χ1n) is 8.90. The van der Waals surface area contributed by atoms with Crippen molar-refractivity contribution in [3.63, 3.8) is 0 Å². The van der Waals surface area contributed by atoms with E-state index in [-0.39, 0.29) is 30.9 Å². The van der Waals surface area contributed by atoms with Crippen LogP contribution in [0.4, 0.5) is 4.79 Å².